The number of ether oxygens (including phenoxy) is 2. The Morgan fingerprint density at radius 1 is 0.810 bits per heavy atom. The summed E-state index contributed by atoms with van der Waals surface area (Å²) in [6, 6.07) is 20.4. The molecular formula is C37H41NO4. The number of nitrogens with two attached hydrogens (primary N) is 1. The van der Waals surface area contributed by atoms with E-state index < -0.39 is 11.8 Å². The third kappa shape index (κ3) is 4.24. The predicted molar refractivity (Wildman–Crippen MR) is 169 cm³/mol. The van der Waals surface area contributed by atoms with Gasteiger partial charge in [0.1, 0.15) is 17.2 Å². The fraction of sp³-hybridized carbons (Fsp3) is 0.378. The average molecular weight is 564 g/mol. The normalized spacial score (nSPS) is 18.4. The van der Waals surface area contributed by atoms with E-state index in [1.807, 2.05) is 37.3 Å². The summed E-state index contributed by atoms with van der Waals surface area (Å²) in [5.74, 6) is 0.550. The SMILES string of the molecule is COc1ccc(-c2cc3c(O)cc4c(c3cc2C(C)C(N)=O)-c2ccccc2C42CC(C)(C)CC(C)(C)C2)c(OC)c1. The molecule has 5 nitrogen and oxygen atoms in total. The Labute approximate surface area is 248 Å². The molecule has 2 aliphatic rings. The summed E-state index contributed by atoms with van der Waals surface area (Å²) in [5.41, 5.74) is 13.2. The average Bonchev–Trinajstić information content (AvgIpc) is 3.17. The zero-order chi connectivity index (χ0) is 30.2. The quantitative estimate of drug-likeness (QED) is 0.256. The Hall–Kier alpha value is -3.99. The van der Waals surface area contributed by atoms with Gasteiger partial charge in [-0.1, -0.05) is 52.0 Å². The number of phenols is 1. The molecule has 1 spiro atoms. The zero-order valence-electron chi connectivity index (χ0n) is 25.7. The number of methoxy groups -OCH3 is 2. The van der Waals surface area contributed by atoms with Gasteiger partial charge in [0.2, 0.25) is 5.91 Å². The number of aromatic hydroxyl groups is 1. The number of carbonyl (C=O) groups is 1. The van der Waals surface area contributed by atoms with Crippen molar-refractivity contribution >= 4 is 16.7 Å². The number of amides is 1. The number of hydrogen-bond donors (Lipinski definition) is 2. The number of carbonyl (C=O) groups excluding carboxylic acids is 1. The number of primary amides is 1. The van der Waals surface area contributed by atoms with Crippen LogP contribution in [0.5, 0.6) is 17.2 Å². The number of fused-ring (bicyclic) bond motifs is 7. The van der Waals surface area contributed by atoms with E-state index >= 15 is 0 Å². The summed E-state index contributed by atoms with van der Waals surface area (Å²) in [7, 11) is 3.23. The Morgan fingerprint density at radius 3 is 2.14 bits per heavy atom. The van der Waals surface area contributed by atoms with Gasteiger partial charge in [-0.05, 0) is 106 Å². The molecule has 6 rings (SSSR count). The summed E-state index contributed by atoms with van der Waals surface area (Å²) in [6.45, 7) is 11.3. The fourth-order valence-corrected chi connectivity index (χ4v) is 8.66. The monoisotopic (exact) mass is 563 g/mol. The number of rotatable bonds is 5. The van der Waals surface area contributed by atoms with Crippen molar-refractivity contribution in [3.05, 3.63) is 77.4 Å². The molecule has 3 N–H and O–H groups in total. The molecule has 5 heteroatoms. The van der Waals surface area contributed by atoms with Crippen LogP contribution in [0, 0.1) is 10.8 Å². The van der Waals surface area contributed by atoms with E-state index in [0.717, 1.165) is 52.3 Å². The van der Waals surface area contributed by atoms with Gasteiger partial charge in [-0.3, -0.25) is 4.79 Å². The van der Waals surface area contributed by atoms with Crippen molar-refractivity contribution in [2.75, 3.05) is 14.2 Å². The third-order valence-electron chi connectivity index (χ3n) is 9.62. The first-order chi connectivity index (χ1) is 19.8. The molecule has 1 saturated carbocycles. The molecule has 4 aromatic rings. The van der Waals surface area contributed by atoms with Crippen LogP contribution in [0.25, 0.3) is 33.0 Å². The number of benzene rings is 4. The van der Waals surface area contributed by atoms with Crippen molar-refractivity contribution < 1.29 is 19.4 Å². The molecule has 0 radical (unpaired) electrons. The molecule has 42 heavy (non-hydrogen) atoms. The van der Waals surface area contributed by atoms with E-state index in [-0.39, 0.29) is 22.0 Å². The van der Waals surface area contributed by atoms with Crippen LogP contribution in [0.1, 0.15) is 76.5 Å². The molecule has 1 unspecified atom stereocenters. The first-order valence-electron chi connectivity index (χ1n) is 14.8. The third-order valence-corrected chi connectivity index (χ3v) is 9.62. The second-order valence-corrected chi connectivity index (χ2v) is 14.0. The Kier molecular flexibility index (Phi) is 6.38. The van der Waals surface area contributed by atoms with Crippen LogP contribution in [0.15, 0.2) is 60.7 Å². The lowest BCUT2D eigenvalue weighted by molar-refractivity contribution is -0.119. The van der Waals surface area contributed by atoms with E-state index in [2.05, 4.69) is 58.0 Å². The van der Waals surface area contributed by atoms with Gasteiger partial charge in [0.05, 0.1) is 20.1 Å². The van der Waals surface area contributed by atoms with Crippen LogP contribution < -0.4 is 15.2 Å². The molecule has 0 saturated heterocycles. The van der Waals surface area contributed by atoms with Crippen LogP contribution in [0.4, 0.5) is 0 Å². The molecule has 0 aliphatic heterocycles. The van der Waals surface area contributed by atoms with Gasteiger partial charge >= 0.3 is 0 Å². The second kappa shape index (κ2) is 9.52. The maximum absolute atomic E-state index is 12.7. The van der Waals surface area contributed by atoms with Gasteiger partial charge in [-0.25, -0.2) is 0 Å². The highest BCUT2D eigenvalue weighted by Crippen LogP contribution is 2.65. The molecule has 0 heterocycles. The summed E-state index contributed by atoms with van der Waals surface area (Å²) in [6.07, 6.45) is 3.15. The molecular weight excluding hydrogens is 522 g/mol. The van der Waals surface area contributed by atoms with Crippen LogP contribution in [0.3, 0.4) is 0 Å². The molecule has 1 amide bonds. The molecule has 4 aromatic carbocycles. The minimum Gasteiger partial charge on any atom is -0.507 e. The topological polar surface area (TPSA) is 81.8 Å². The van der Waals surface area contributed by atoms with Crippen LogP contribution in [-0.4, -0.2) is 25.2 Å². The van der Waals surface area contributed by atoms with Gasteiger partial charge in [-0.15, -0.1) is 0 Å². The number of hydrogen-bond acceptors (Lipinski definition) is 4. The largest absolute Gasteiger partial charge is 0.507 e. The van der Waals surface area contributed by atoms with Crippen molar-refractivity contribution in [1.82, 2.24) is 0 Å². The molecule has 1 fully saturated rings. The summed E-state index contributed by atoms with van der Waals surface area (Å²) >= 11 is 0. The van der Waals surface area contributed by atoms with E-state index in [1.165, 1.54) is 16.7 Å². The van der Waals surface area contributed by atoms with Crippen molar-refractivity contribution in [1.29, 1.82) is 0 Å². The van der Waals surface area contributed by atoms with Crippen molar-refractivity contribution in [3.8, 4) is 39.5 Å². The van der Waals surface area contributed by atoms with Crippen molar-refractivity contribution in [2.24, 2.45) is 16.6 Å². The maximum atomic E-state index is 12.7. The molecule has 0 bridgehead atoms. The van der Waals surface area contributed by atoms with Crippen LogP contribution >= 0.6 is 0 Å². The van der Waals surface area contributed by atoms with E-state index in [9.17, 15) is 9.90 Å². The lowest BCUT2D eigenvalue weighted by Gasteiger charge is -2.51. The smallest absolute Gasteiger partial charge is 0.224 e. The zero-order valence-corrected chi connectivity index (χ0v) is 25.7. The van der Waals surface area contributed by atoms with Crippen LogP contribution in [-0.2, 0) is 10.2 Å². The Balaban J connectivity index is 1.71. The lowest BCUT2D eigenvalue weighted by atomic mass is 9.52. The van der Waals surface area contributed by atoms with Crippen molar-refractivity contribution in [3.63, 3.8) is 0 Å². The summed E-state index contributed by atoms with van der Waals surface area (Å²) < 4.78 is 11.2. The van der Waals surface area contributed by atoms with Gasteiger partial charge in [-0.2, -0.15) is 0 Å². The standard InChI is InChI=1S/C37H41NO4/c1-21(34(38)40)25-15-28-27(16-26(25)23-13-12-22(41-6)14-32(23)42-7)31(39)17-30-33(28)24-10-8-9-11-29(24)37(30)19-35(2,3)18-36(4,5)20-37/h8-17,21,39H,18-20H2,1-7H3,(H2,38,40). The first kappa shape index (κ1) is 28.1. The maximum Gasteiger partial charge on any atom is 0.224 e. The summed E-state index contributed by atoms with van der Waals surface area (Å²) in [4.78, 5) is 12.7. The van der Waals surface area contributed by atoms with Gasteiger partial charge in [0, 0.05) is 22.4 Å². The molecule has 1 atom stereocenters. The first-order valence-corrected chi connectivity index (χ1v) is 14.8. The molecule has 218 valence electrons. The van der Waals surface area contributed by atoms with E-state index in [0.29, 0.717) is 11.5 Å². The van der Waals surface area contributed by atoms with E-state index in [1.54, 1.807) is 14.2 Å². The molecule has 0 aromatic heterocycles. The lowest BCUT2D eigenvalue weighted by Crippen LogP contribution is -2.43. The molecule has 2 aliphatic carbocycles. The highest BCUT2D eigenvalue weighted by molar-refractivity contribution is 6.08. The predicted octanol–water partition coefficient (Wildman–Crippen LogP) is 8.32. The van der Waals surface area contributed by atoms with Crippen molar-refractivity contribution in [2.45, 2.75) is 65.2 Å². The van der Waals surface area contributed by atoms with Crippen LogP contribution in [0.2, 0.25) is 0 Å². The van der Waals surface area contributed by atoms with Gasteiger partial charge < -0.3 is 20.3 Å². The van der Waals surface area contributed by atoms with Gasteiger partial charge in [0.15, 0.2) is 0 Å². The summed E-state index contributed by atoms with van der Waals surface area (Å²) in [5, 5.41) is 13.4. The minimum atomic E-state index is -0.563. The Bertz CT molecular complexity index is 1730. The highest BCUT2D eigenvalue weighted by Gasteiger charge is 2.53. The second-order valence-electron chi connectivity index (χ2n) is 14.0. The van der Waals surface area contributed by atoms with E-state index in [4.69, 9.17) is 15.2 Å². The minimum absolute atomic E-state index is 0.126. The van der Waals surface area contributed by atoms with Gasteiger partial charge in [0.25, 0.3) is 0 Å². The fourth-order valence-electron chi connectivity index (χ4n) is 8.66. The Morgan fingerprint density at radius 2 is 1.50 bits per heavy atom. The highest BCUT2D eigenvalue weighted by atomic mass is 16.5. The number of phenolic OH excluding ortho intramolecular Hbond substituents is 1.